The summed E-state index contributed by atoms with van der Waals surface area (Å²) >= 11 is 0. The lowest BCUT2D eigenvalue weighted by Crippen LogP contribution is -2.66. The third kappa shape index (κ3) is 3.82. The Balaban J connectivity index is 1.75. The first-order valence-electron chi connectivity index (χ1n) is 12.3. The number of hydrogen-bond donors (Lipinski definition) is 0. The van der Waals surface area contributed by atoms with Crippen molar-refractivity contribution in [3.63, 3.8) is 0 Å². The Labute approximate surface area is 218 Å². The molecule has 0 aliphatic carbocycles. The number of nitrogens with zero attached hydrogens (tertiary/aromatic N) is 1. The number of benzene rings is 6. The molecule has 0 spiro atoms. The Morgan fingerprint density at radius 2 is 0.811 bits per heavy atom. The molecule has 0 aromatic heterocycles. The summed E-state index contributed by atoms with van der Waals surface area (Å²) < 4.78 is 0. The van der Waals surface area contributed by atoms with Crippen LogP contribution in [0.25, 0.3) is 26.4 Å². The molecule has 37 heavy (non-hydrogen) atoms. The SMILES string of the molecule is [C-]#[N+]c1c2ccccc2c(C#C[Si](c2ccccc2)(c2ccccc2)c2ccccc2)c2ccccc12. The van der Waals surface area contributed by atoms with Gasteiger partial charge in [-0.05, 0) is 37.1 Å². The van der Waals surface area contributed by atoms with Gasteiger partial charge in [0.25, 0.3) is 0 Å². The van der Waals surface area contributed by atoms with Crippen LogP contribution in [0.3, 0.4) is 0 Å². The second kappa shape index (κ2) is 9.63. The molecule has 0 heterocycles. The first-order valence-corrected chi connectivity index (χ1v) is 14.3. The van der Waals surface area contributed by atoms with Crippen LogP contribution in [0.4, 0.5) is 5.69 Å². The van der Waals surface area contributed by atoms with Gasteiger partial charge in [-0.3, -0.25) is 0 Å². The van der Waals surface area contributed by atoms with Gasteiger partial charge in [-0.2, -0.15) is 0 Å². The van der Waals surface area contributed by atoms with E-state index in [0.29, 0.717) is 5.69 Å². The van der Waals surface area contributed by atoms with Crippen LogP contribution in [-0.4, -0.2) is 8.07 Å². The molecule has 0 aliphatic heterocycles. The summed E-state index contributed by atoms with van der Waals surface area (Å²) in [5.41, 5.74) is 5.61. The molecule has 0 radical (unpaired) electrons. The highest BCUT2D eigenvalue weighted by atomic mass is 28.3. The van der Waals surface area contributed by atoms with Gasteiger partial charge in [0, 0.05) is 5.56 Å². The summed E-state index contributed by atoms with van der Waals surface area (Å²) in [5.74, 6) is 3.73. The van der Waals surface area contributed by atoms with Gasteiger partial charge >= 0.3 is 0 Å². The van der Waals surface area contributed by atoms with Crippen molar-refractivity contribution in [2.45, 2.75) is 0 Å². The second-order valence-electron chi connectivity index (χ2n) is 9.02. The minimum absolute atomic E-state index is 0.689. The number of rotatable bonds is 3. The highest BCUT2D eigenvalue weighted by molar-refractivity contribution is 7.16. The lowest BCUT2D eigenvalue weighted by atomic mass is 9.95. The largest absolute Gasteiger partial charge is 0.237 e. The Kier molecular flexibility index (Phi) is 5.87. The average molecular weight is 486 g/mol. The minimum atomic E-state index is -2.72. The van der Waals surface area contributed by atoms with Crippen molar-refractivity contribution in [1.82, 2.24) is 0 Å². The van der Waals surface area contributed by atoms with E-state index in [1.807, 2.05) is 36.4 Å². The maximum absolute atomic E-state index is 7.91. The van der Waals surface area contributed by atoms with E-state index in [0.717, 1.165) is 27.1 Å². The van der Waals surface area contributed by atoms with Crippen LogP contribution in [-0.2, 0) is 0 Å². The zero-order valence-corrected chi connectivity index (χ0v) is 21.2. The van der Waals surface area contributed by atoms with Crippen LogP contribution in [0.2, 0.25) is 0 Å². The highest BCUT2D eigenvalue weighted by Crippen LogP contribution is 2.38. The predicted octanol–water partition coefficient (Wildman–Crippen LogP) is 6.60. The molecular weight excluding hydrogens is 462 g/mol. The molecule has 6 rings (SSSR count). The number of fused-ring (bicyclic) bond motifs is 2. The van der Waals surface area contributed by atoms with Gasteiger partial charge in [0.15, 0.2) is 0 Å². The van der Waals surface area contributed by atoms with Gasteiger partial charge in [-0.15, -0.1) is 5.54 Å². The van der Waals surface area contributed by atoms with Crippen molar-refractivity contribution < 1.29 is 0 Å². The van der Waals surface area contributed by atoms with Crippen molar-refractivity contribution in [2.75, 3.05) is 0 Å². The Bertz CT molecular complexity index is 1670. The molecule has 6 aromatic rings. The lowest BCUT2D eigenvalue weighted by molar-refractivity contribution is 1.69. The molecule has 172 valence electrons. The smallest absolute Gasteiger partial charge is 0.230 e. The quantitative estimate of drug-likeness (QED) is 0.0874. The van der Waals surface area contributed by atoms with E-state index in [2.05, 4.69) is 119 Å². The fraction of sp³-hybridized carbons (Fsp3) is 0. The van der Waals surface area contributed by atoms with E-state index in [1.54, 1.807) is 0 Å². The lowest BCUT2D eigenvalue weighted by Gasteiger charge is -2.28. The molecule has 0 saturated heterocycles. The first kappa shape index (κ1) is 22.6. The second-order valence-corrected chi connectivity index (χ2v) is 12.5. The standard InChI is InChI=1S/C35H23NSi/c1-36-35-33-23-13-11-21-30(33)32(31-22-12-14-24-34(31)35)25-26-37(27-15-5-2-6-16-27,28-17-7-3-8-18-28)29-19-9-4-10-20-29/h2-24H. The van der Waals surface area contributed by atoms with Crippen LogP contribution in [0.15, 0.2) is 140 Å². The van der Waals surface area contributed by atoms with Crippen LogP contribution >= 0.6 is 0 Å². The molecule has 0 N–H and O–H groups in total. The van der Waals surface area contributed by atoms with Crippen molar-refractivity contribution >= 4 is 50.9 Å². The molecule has 6 aromatic carbocycles. The summed E-state index contributed by atoms with van der Waals surface area (Å²) in [7, 11) is -2.72. The normalized spacial score (nSPS) is 11.0. The van der Waals surface area contributed by atoms with Gasteiger partial charge in [0.05, 0.1) is 6.57 Å². The molecule has 2 heteroatoms. The van der Waals surface area contributed by atoms with Gasteiger partial charge in [-0.25, -0.2) is 4.85 Å². The van der Waals surface area contributed by atoms with Gasteiger partial charge in [-0.1, -0.05) is 145 Å². The fourth-order valence-corrected chi connectivity index (χ4v) is 9.12. The predicted molar refractivity (Wildman–Crippen MR) is 159 cm³/mol. The Hall–Kier alpha value is -4.89. The molecule has 0 aliphatic rings. The van der Waals surface area contributed by atoms with Crippen LogP contribution < -0.4 is 15.6 Å². The first-order chi connectivity index (χ1) is 18.3. The molecule has 0 amide bonds. The van der Waals surface area contributed by atoms with Crippen LogP contribution in [0, 0.1) is 18.0 Å². The Morgan fingerprint density at radius 1 is 0.459 bits per heavy atom. The molecule has 0 saturated carbocycles. The van der Waals surface area contributed by atoms with Crippen molar-refractivity contribution in [1.29, 1.82) is 0 Å². The zero-order valence-electron chi connectivity index (χ0n) is 20.2. The summed E-state index contributed by atoms with van der Waals surface area (Å²) in [5, 5.41) is 7.72. The average Bonchev–Trinajstić information content (AvgIpc) is 2.98. The molecule has 0 unspecified atom stereocenters. The van der Waals surface area contributed by atoms with Crippen molar-refractivity contribution in [2.24, 2.45) is 0 Å². The van der Waals surface area contributed by atoms with E-state index >= 15 is 0 Å². The maximum Gasteiger partial charge on any atom is 0.230 e. The maximum atomic E-state index is 7.91. The molecule has 1 nitrogen and oxygen atoms in total. The monoisotopic (exact) mass is 485 g/mol. The van der Waals surface area contributed by atoms with E-state index in [-0.39, 0.29) is 0 Å². The molecular formula is C35H23NSi. The van der Waals surface area contributed by atoms with Gasteiger partial charge in [0.1, 0.15) is 0 Å². The minimum Gasteiger partial charge on any atom is -0.237 e. The van der Waals surface area contributed by atoms with Crippen molar-refractivity contribution in [3.05, 3.63) is 157 Å². The van der Waals surface area contributed by atoms with E-state index < -0.39 is 8.07 Å². The topological polar surface area (TPSA) is 4.36 Å². The summed E-state index contributed by atoms with van der Waals surface area (Å²) in [6.07, 6.45) is 0. The van der Waals surface area contributed by atoms with Crippen LogP contribution in [0.1, 0.15) is 5.56 Å². The van der Waals surface area contributed by atoms with Crippen molar-refractivity contribution in [3.8, 4) is 11.5 Å². The third-order valence-electron chi connectivity index (χ3n) is 7.01. The number of hydrogen-bond acceptors (Lipinski definition) is 0. The van der Waals surface area contributed by atoms with E-state index in [9.17, 15) is 0 Å². The molecule has 0 bridgehead atoms. The fourth-order valence-electron chi connectivity index (χ4n) is 5.30. The summed E-state index contributed by atoms with van der Waals surface area (Å²) in [6, 6.07) is 48.5. The van der Waals surface area contributed by atoms with Gasteiger partial charge in [0.2, 0.25) is 13.8 Å². The van der Waals surface area contributed by atoms with E-state index in [4.69, 9.17) is 6.57 Å². The zero-order chi connectivity index (χ0) is 25.1. The third-order valence-corrected chi connectivity index (χ3v) is 11.1. The molecule has 0 fully saturated rings. The van der Waals surface area contributed by atoms with Gasteiger partial charge < -0.3 is 0 Å². The Morgan fingerprint density at radius 3 is 1.19 bits per heavy atom. The van der Waals surface area contributed by atoms with Crippen LogP contribution in [0.5, 0.6) is 0 Å². The van der Waals surface area contributed by atoms with E-state index in [1.165, 1.54) is 15.6 Å². The summed E-state index contributed by atoms with van der Waals surface area (Å²) in [4.78, 5) is 3.93. The summed E-state index contributed by atoms with van der Waals surface area (Å²) in [6.45, 7) is 7.91. The highest BCUT2D eigenvalue weighted by Gasteiger charge is 2.38. The molecule has 0 atom stereocenters.